The first-order chi connectivity index (χ1) is 22.3. The Bertz CT molecular complexity index is 1240. The number of pyridine rings is 1. The van der Waals surface area contributed by atoms with Crippen molar-refractivity contribution in [3.63, 3.8) is 0 Å². The number of aliphatic hydroxyl groups is 2. The number of rotatable bonds is 11. The van der Waals surface area contributed by atoms with Crippen LogP contribution in [0.4, 0.5) is 5.69 Å². The number of hydrogen-bond acceptors (Lipinski definition) is 7. The Morgan fingerprint density at radius 3 is 2.00 bits per heavy atom. The number of carbonyl (C=O) groups is 2. The van der Waals surface area contributed by atoms with Crippen LogP contribution in [-0.2, 0) is 4.74 Å². The number of unbranched alkanes of at least 4 members (excludes halogenated alkanes) is 1. The van der Waals surface area contributed by atoms with E-state index in [1.807, 2.05) is 41.5 Å². The van der Waals surface area contributed by atoms with Gasteiger partial charge in [-0.05, 0) is 68.7 Å². The summed E-state index contributed by atoms with van der Waals surface area (Å²) in [6.45, 7) is 25.9. The van der Waals surface area contributed by atoms with E-state index in [0.29, 0.717) is 41.4 Å². The number of anilines is 1. The average molecular weight is 658 g/mol. The molecule has 0 aliphatic carbocycles. The highest BCUT2D eigenvalue weighted by Gasteiger charge is 2.16. The van der Waals surface area contributed by atoms with Crippen LogP contribution in [0.25, 0.3) is 5.65 Å². The summed E-state index contributed by atoms with van der Waals surface area (Å²) in [5.41, 5.74) is 1.90. The summed E-state index contributed by atoms with van der Waals surface area (Å²) in [5.74, 6) is 1.20. The van der Waals surface area contributed by atoms with E-state index in [-0.39, 0.29) is 23.9 Å². The van der Waals surface area contributed by atoms with Gasteiger partial charge in [0.15, 0.2) is 5.78 Å². The highest BCUT2D eigenvalue weighted by atomic mass is 16.5. The number of carbonyl (C=O) groups excluding carboxylic acids is 2. The number of amides is 1. The molecule has 0 fully saturated rings. The van der Waals surface area contributed by atoms with Crippen LogP contribution < -0.4 is 10.1 Å². The number of imidazole rings is 1. The number of aliphatic hydroxyl groups excluding tert-OH is 2. The Morgan fingerprint density at radius 2 is 1.57 bits per heavy atom. The third-order valence-electron chi connectivity index (χ3n) is 5.25. The molecule has 0 atom stereocenters. The topological polar surface area (TPSA) is 122 Å². The van der Waals surface area contributed by atoms with E-state index >= 15 is 0 Å². The summed E-state index contributed by atoms with van der Waals surface area (Å²) in [4.78, 5) is 27.8. The van der Waals surface area contributed by atoms with Crippen LogP contribution >= 0.6 is 0 Å². The average Bonchev–Trinajstić information content (AvgIpc) is 3.48. The fraction of sp³-hybridized carbons (Fsp3) is 0.500. The molecule has 0 bridgehead atoms. The molecule has 0 saturated carbocycles. The molecule has 0 radical (unpaired) electrons. The van der Waals surface area contributed by atoms with Crippen LogP contribution in [0.5, 0.6) is 5.75 Å². The van der Waals surface area contributed by atoms with Crippen LogP contribution in [-0.4, -0.2) is 57.2 Å². The maximum absolute atomic E-state index is 12.2. The number of hydrogen-bond donors (Lipinski definition) is 3. The summed E-state index contributed by atoms with van der Waals surface area (Å²) in [6.07, 6.45) is 11.0. The van der Waals surface area contributed by atoms with Crippen LogP contribution in [0.2, 0.25) is 0 Å². The molecule has 2 aromatic heterocycles. The number of methoxy groups -OCH3 is 1. The minimum atomic E-state index is -0.283. The standard InChI is InChI=1S/C17H15N3O3.C9H16O2.C4H10O.C4H10.2C2H6/c1-11(21)15-10-20-9-13(5-8-16(20)19-15)18-17(22)12-3-6-14(23-2)7-4-12;1-4-5-8-11-9(2,3)6-7-10;1-2-3-4-5;1-4(2)3;2*1-2/h3-10H,1-2H3,(H,18,22);4-5,8,10H,1,6-7H2,2-3H3;5H,2-4H2,1H3;4H,1-3H3;2*1-2H3/b;8-5+;;;;. The number of ether oxygens (including phenoxy) is 2. The van der Waals surface area contributed by atoms with Crippen LogP contribution in [0.3, 0.4) is 0 Å². The fourth-order valence-corrected chi connectivity index (χ4v) is 2.95. The van der Waals surface area contributed by atoms with E-state index in [2.05, 4.69) is 44.6 Å². The van der Waals surface area contributed by atoms with Gasteiger partial charge in [0.1, 0.15) is 22.7 Å². The predicted molar refractivity (Wildman–Crippen MR) is 198 cm³/mol. The number of Topliss-reactive ketones (excluding diaryl/α,β-unsaturated/α-hetero) is 1. The molecule has 2 heterocycles. The van der Waals surface area contributed by atoms with Gasteiger partial charge in [-0.3, -0.25) is 9.59 Å². The van der Waals surface area contributed by atoms with E-state index in [1.165, 1.54) is 6.92 Å². The van der Waals surface area contributed by atoms with Gasteiger partial charge in [0.25, 0.3) is 5.91 Å². The summed E-state index contributed by atoms with van der Waals surface area (Å²) in [7, 11) is 1.57. The molecular formula is C38H63N3O6. The first kappa shape index (κ1) is 47.5. The van der Waals surface area contributed by atoms with E-state index in [0.717, 1.165) is 18.8 Å². The highest BCUT2D eigenvalue weighted by Crippen LogP contribution is 2.16. The first-order valence-corrected chi connectivity index (χ1v) is 16.5. The largest absolute Gasteiger partial charge is 0.497 e. The first-order valence-electron chi connectivity index (χ1n) is 16.5. The molecule has 9 nitrogen and oxygen atoms in total. The molecule has 1 amide bonds. The van der Waals surface area contributed by atoms with Gasteiger partial charge in [0.05, 0.1) is 19.1 Å². The fourth-order valence-electron chi connectivity index (χ4n) is 2.95. The molecule has 0 aliphatic rings. The second kappa shape index (κ2) is 29.5. The third kappa shape index (κ3) is 24.0. The maximum Gasteiger partial charge on any atom is 0.255 e. The molecule has 0 saturated heterocycles. The Labute approximate surface area is 284 Å². The minimum absolute atomic E-state index is 0.0995. The highest BCUT2D eigenvalue weighted by molar-refractivity contribution is 6.04. The van der Waals surface area contributed by atoms with E-state index in [9.17, 15) is 9.59 Å². The SMILES string of the molecule is C=C/C=C/OC(C)(C)CCO.CC.CC.CC(C)C.CCCCO.COc1ccc(C(=O)Nc2ccc3nc(C(C)=O)cn3c2)cc1. The third-order valence-corrected chi connectivity index (χ3v) is 5.25. The molecule has 3 rings (SSSR count). The van der Waals surface area contributed by atoms with Crippen LogP contribution in [0, 0.1) is 5.92 Å². The Hall–Kier alpha value is -3.95. The van der Waals surface area contributed by atoms with Crippen molar-refractivity contribution in [2.75, 3.05) is 25.6 Å². The van der Waals surface area contributed by atoms with Crippen LogP contribution in [0.15, 0.2) is 73.8 Å². The van der Waals surface area contributed by atoms with Crippen molar-refractivity contribution >= 4 is 23.0 Å². The Balaban J connectivity index is -0.000000673. The van der Waals surface area contributed by atoms with Crippen molar-refractivity contribution in [2.45, 2.75) is 101 Å². The number of nitrogens with zero attached hydrogens (tertiary/aromatic N) is 2. The smallest absolute Gasteiger partial charge is 0.255 e. The van der Waals surface area contributed by atoms with Crippen molar-refractivity contribution in [3.8, 4) is 5.75 Å². The zero-order valence-corrected chi connectivity index (χ0v) is 31.1. The monoisotopic (exact) mass is 657 g/mol. The lowest BCUT2D eigenvalue weighted by Gasteiger charge is -2.22. The Morgan fingerprint density at radius 1 is 1.00 bits per heavy atom. The summed E-state index contributed by atoms with van der Waals surface area (Å²) in [5, 5.41) is 19.5. The van der Waals surface area contributed by atoms with Crippen molar-refractivity contribution in [2.24, 2.45) is 5.92 Å². The molecule has 47 heavy (non-hydrogen) atoms. The molecule has 3 aromatic rings. The lowest BCUT2D eigenvalue weighted by Crippen LogP contribution is -2.23. The second-order valence-corrected chi connectivity index (χ2v) is 10.8. The van der Waals surface area contributed by atoms with Crippen molar-refractivity contribution in [3.05, 3.63) is 85.0 Å². The summed E-state index contributed by atoms with van der Waals surface area (Å²) < 4.78 is 12.1. The lowest BCUT2D eigenvalue weighted by atomic mass is 10.1. The molecule has 0 unspecified atom stereocenters. The minimum Gasteiger partial charge on any atom is -0.497 e. The number of nitrogens with one attached hydrogen (secondary N) is 1. The molecule has 1 aromatic carbocycles. The van der Waals surface area contributed by atoms with Crippen molar-refractivity contribution in [1.29, 1.82) is 0 Å². The van der Waals surface area contributed by atoms with E-state index < -0.39 is 0 Å². The quantitative estimate of drug-likeness (QED) is 0.107. The van der Waals surface area contributed by atoms with Gasteiger partial charge in [-0.15, -0.1) is 0 Å². The van der Waals surface area contributed by atoms with E-state index in [4.69, 9.17) is 19.7 Å². The Kier molecular flexibility index (Phi) is 29.7. The molecule has 0 spiro atoms. The maximum atomic E-state index is 12.2. The van der Waals surface area contributed by atoms with Crippen LogP contribution in [0.1, 0.15) is 116 Å². The van der Waals surface area contributed by atoms with Gasteiger partial charge in [0.2, 0.25) is 0 Å². The number of fused-ring (bicyclic) bond motifs is 1. The summed E-state index contributed by atoms with van der Waals surface area (Å²) in [6, 6.07) is 10.3. The normalized spacial score (nSPS) is 9.85. The predicted octanol–water partition coefficient (Wildman–Crippen LogP) is 9.16. The van der Waals surface area contributed by atoms with Gasteiger partial charge in [0, 0.05) is 44.5 Å². The lowest BCUT2D eigenvalue weighted by molar-refractivity contribution is 0.0334. The molecule has 9 heteroatoms. The van der Waals surface area contributed by atoms with Gasteiger partial charge in [-0.1, -0.05) is 74.5 Å². The molecule has 0 aliphatic heterocycles. The number of benzene rings is 1. The zero-order chi connectivity index (χ0) is 36.8. The van der Waals surface area contributed by atoms with Gasteiger partial charge in [-0.25, -0.2) is 4.98 Å². The second-order valence-electron chi connectivity index (χ2n) is 10.8. The van der Waals surface area contributed by atoms with Gasteiger partial charge < -0.3 is 29.4 Å². The molecule has 3 N–H and O–H groups in total. The molecular weight excluding hydrogens is 594 g/mol. The molecule has 266 valence electrons. The van der Waals surface area contributed by atoms with Crippen molar-refractivity contribution < 1.29 is 29.3 Å². The van der Waals surface area contributed by atoms with Gasteiger partial charge >= 0.3 is 0 Å². The summed E-state index contributed by atoms with van der Waals surface area (Å²) >= 11 is 0. The zero-order valence-electron chi connectivity index (χ0n) is 31.1. The number of aromatic nitrogens is 2. The number of ketones is 1. The van der Waals surface area contributed by atoms with E-state index in [1.54, 1.807) is 78.7 Å². The van der Waals surface area contributed by atoms with Gasteiger partial charge in [-0.2, -0.15) is 0 Å². The number of allylic oxidation sites excluding steroid dienone is 2. The van der Waals surface area contributed by atoms with Crippen molar-refractivity contribution in [1.82, 2.24) is 9.38 Å².